The predicted molar refractivity (Wildman–Crippen MR) is 416 cm³/mol. The maximum Gasteiger partial charge on any atom is 0.295 e. The summed E-state index contributed by atoms with van der Waals surface area (Å²) in [7, 11) is 5.66. The smallest absolute Gasteiger partial charge is 0.295 e. The van der Waals surface area contributed by atoms with E-state index in [1.165, 1.54) is 19.5 Å². The van der Waals surface area contributed by atoms with Crippen LogP contribution in [0.4, 0.5) is 11.8 Å². The molecule has 12 rings (SSSR count). The van der Waals surface area contributed by atoms with E-state index in [1.54, 1.807) is 18.1 Å². The molecule has 23 nitrogen and oxygen atoms in total. The third-order valence-corrected chi connectivity index (χ3v) is 16.6. The van der Waals surface area contributed by atoms with Gasteiger partial charge in [0.25, 0.3) is 6.01 Å². The lowest BCUT2D eigenvalue weighted by Gasteiger charge is -2.30. The SMILES string of the molecule is CC(C)Nc1nc(-c2cc(OC(C)C)c3ccc(OCCN4CCOCC4)c(Cl)c3n2)co1.CC(C)Oc1cc(OCCN(C)C)nc2c(Cl)cccc12.CC(C)Oc1cc(OCCN2CCC2)nc2c(Cl)cccc12.COCCOc1ccc2c(OC(C)C)cc(-n3ccc(NC(C)C)n3)nc2c1. The Labute approximate surface area is 626 Å². The number of likely N-dealkylation sites (N-methyl/N-ethyl adjacent to an activating group) is 1. The van der Waals surface area contributed by atoms with Gasteiger partial charge >= 0.3 is 0 Å². The number of oxazole rings is 1. The number of ether oxygens (including phenoxy) is 10. The highest BCUT2D eigenvalue weighted by Crippen LogP contribution is 2.40. The molecule has 0 saturated carbocycles. The molecule has 26 heteroatoms. The van der Waals surface area contributed by atoms with E-state index < -0.39 is 0 Å². The minimum atomic E-state index is -0.0119. The fourth-order valence-corrected chi connectivity index (χ4v) is 11.5. The van der Waals surface area contributed by atoms with Crippen LogP contribution in [0.25, 0.3) is 60.8 Å². The molecular weight excluding hydrogens is 1390 g/mol. The first kappa shape index (κ1) is 79.7. The molecular formula is C78H101Cl3N12O11. The average Bonchev–Trinajstić information content (AvgIpc) is 1.29. The van der Waals surface area contributed by atoms with Gasteiger partial charge in [-0.05, 0) is 165 Å². The van der Waals surface area contributed by atoms with Crippen LogP contribution in [-0.2, 0) is 9.47 Å². The Balaban J connectivity index is 0.000000163. The molecule has 2 aliphatic heterocycles. The summed E-state index contributed by atoms with van der Waals surface area (Å²) >= 11 is 19.3. The summed E-state index contributed by atoms with van der Waals surface area (Å²) in [6.07, 6.45) is 4.94. The Morgan fingerprint density at radius 2 is 1.07 bits per heavy atom. The molecule has 104 heavy (non-hydrogen) atoms. The Kier molecular flexibility index (Phi) is 30.0. The largest absolute Gasteiger partial charge is 0.491 e. The van der Waals surface area contributed by atoms with Gasteiger partial charge in [-0.3, -0.25) is 9.80 Å². The van der Waals surface area contributed by atoms with E-state index in [2.05, 4.69) is 59.2 Å². The topological polar surface area (TPSA) is 221 Å². The van der Waals surface area contributed by atoms with Gasteiger partial charge in [0.2, 0.25) is 11.8 Å². The van der Waals surface area contributed by atoms with E-state index in [9.17, 15) is 0 Å². The minimum Gasteiger partial charge on any atom is -0.491 e. The van der Waals surface area contributed by atoms with Gasteiger partial charge in [-0.25, -0.2) is 24.6 Å². The maximum absolute atomic E-state index is 6.77. The molecule has 2 fully saturated rings. The number of halogens is 3. The summed E-state index contributed by atoms with van der Waals surface area (Å²) < 4.78 is 64.9. The van der Waals surface area contributed by atoms with Gasteiger partial charge in [0.05, 0.1) is 82.0 Å². The average molecular weight is 1490 g/mol. The number of benzene rings is 4. The number of likely N-dealkylation sites (tertiary alicyclic amines) is 1. The zero-order chi connectivity index (χ0) is 74.4. The van der Waals surface area contributed by atoms with Crippen molar-refractivity contribution < 1.29 is 51.8 Å². The Morgan fingerprint density at radius 3 is 1.63 bits per heavy atom. The van der Waals surface area contributed by atoms with Crippen molar-refractivity contribution >= 4 is 90.2 Å². The number of rotatable bonds is 30. The molecule has 2 aliphatic rings. The number of methoxy groups -OCH3 is 1. The zero-order valence-corrected chi connectivity index (χ0v) is 64.8. The zero-order valence-electron chi connectivity index (χ0n) is 62.6. The van der Waals surface area contributed by atoms with Crippen molar-refractivity contribution in [1.29, 1.82) is 0 Å². The lowest BCUT2D eigenvalue weighted by molar-refractivity contribution is 0.0322. The molecule has 2 N–H and O–H groups in total. The second kappa shape index (κ2) is 39.1. The molecule has 0 spiro atoms. The molecule has 4 aromatic carbocycles. The first-order valence-corrected chi connectivity index (χ1v) is 36.8. The highest BCUT2D eigenvalue weighted by molar-refractivity contribution is 6.37. The third-order valence-electron chi connectivity index (χ3n) is 15.6. The molecule has 0 aliphatic carbocycles. The lowest BCUT2D eigenvalue weighted by atomic mass is 10.1. The summed E-state index contributed by atoms with van der Waals surface area (Å²) in [5.41, 5.74) is 4.04. The molecule has 0 bridgehead atoms. The molecule has 2 saturated heterocycles. The summed E-state index contributed by atoms with van der Waals surface area (Å²) in [5, 5.41) is 16.2. The Hall–Kier alpha value is -8.39. The van der Waals surface area contributed by atoms with Crippen molar-refractivity contribution in [3.63, 3.8) is 0 Å². The van der Waals surface area contributed by atoms with Crippen molar-refractivity contribution in [3.8, 4) is 63.5 Å². The lowest BCUT2D eigenvalue weighted by Crippen LogP contribution is -2.39. The van der Waals surface area contributed by atoms with Crippen molar-refractivity contribution in [2.75, 3.05) is 124 Å². The minimum absolute atomic E-state index is 0.0119. The fraction of sp³-hybridized carbons (Fsp3) is 0.462. The van der Waals surface area contributed by atoms with Crippen LogP contribution in [0.1, 0.15) is 89.5 Å². The van der Waals surface area contributed by atoms with Crippen LogP contribution in [0.5, 0.6) is 46.3 Å². The normalized spacial score (nSPS) is 13.3. The number of nitrogens with one attached hydrogen (secondary N) is 2. The number of anilines is 2. The van der Waals surface area contributed by atoms with Crippen molar-refractivity contribution in [2.45, 2.75) is 126 Å². The van der Waals surface area contributed by atoms with Crippen LogP contribution >= 0.6 is 34.8 Å². The molecule has 0 amide bonds. The van der Waals surface area contributed by atoms with E-state index in [0.29, 0.717) is 112 Å². The number of hydrogen-bond donors (Lipinski definition) is 2. The van der Waals surface area contributed by atoms with Gasteiger partial charge in [0.15, 0.2) is 5.82 Å². The van der Waals surface area contributed by atoms with Crippen molar-refractivity contribution in [2.24, 2.45) is 0 Å². The molecule has 6 aromatic heterocycles. The summed E-state index contributed by atoms with van der Waals surface area (Å²) in [6, 6.07) is 31.3. The van der Waals surface area contributed by atoms with Crippen LogP contribution in [0, 0.1) is 0 Å². The first-order chi connectivity index (χ1) is 50.0. The highest BCUT2D eigenvalue weighted by atomic mass is 35.5. The van der Waals surface area contributed by atoms with E-state index in [4.69, 9.17) is 96.6 Å². The first-order valence-electron chi connectivity index (χ1n) is 35.6. The monoisotopic (exact) mass is 1490 g/mol. The van der Waals surface area contributed by atoms with Crippen LogP contribution in [-0.4, -0.2) is 199 Å². The molecule has 0 unspecified atom stereocenters. The number of nitrogens with zero attached hydrogens (tertiary/aromatic N) is 10. The van der Waals surface area contributed by atoms with E-state index >= 15 is 0 Å². The van der Waals surface area contributed by atoms with Gasteiger partial charge in [0.1, 0.15) is 83.7 Å². The quantitative estimate of drug-likeness (QED) is 0.0400. The summed E-state index contributed by atoms with van der Waals surface area (Å²) in [4.78, 5) is 29.8. The van der Waals surface area contributed by atoms with Gasteiger partial charge in [-0.15, -0.1) is 5.10 Å². The fourth-order valence-electron chi connectivity index (χ4n) is 10.8. The van der Waals surface area contributed by atoms with E-state index in [-0.39, 0.29) is 30.5 Å². The van der Waals surface area contributed by atoms with Gasteiger partial charge in [0, 0.05) is 116 Å². The Bertz CT molecular complexity index is 4350. The van der Waals surface area contributed by atoms with Crippen LogP contribution in [0.15, 0.2) is 114 Å². The number of aromatic nitrogens is 7. The van der Waals surface area contributed by atoms with Gasteiger partial charge in [-0.1, -0.05) is 46.9 Å². The molecule has 0 atom stereocenters. The molecule has 0 radical (unpaired) electrons. The van der Waals surface area contributed by atoms with Gasteiger partial charge < -0.3 is 67.3 Å². The Morgan fingerprint density at radius 1 is 0.510 bits per heavy atom. The second-order valence-electron chi connectivity index (χ2n) is 26.9. The van der Waals surface area contributed by atoms with Crippen LogP contribution in [0.3, 0.4) is 0 Å². The second-order valence-corrected chi connectivity index (χ2v) is 28.1. The maximum atomic E-state index is 6.77. The third kappa shape index (κ3) is 23.6. The number of fused-ring (bicyclic) bond motifs is 4. The van der Waals surface area contributed by atoms with E-state index in [1.807, 2.05) is 187 Å². The standard InChI is InChI=1S/C24H31ClN4O4.C21H28N4O3.C17H21ClN2O2.C16H21ClN2O2/c1-15(2)26-24-28-19(14-32-24)18-13-21(33-16(3)4)17-5-6-20(22(25)23(17)27-18)31-12-9-29-7-10-30-11-8-29;1-14(2)22-20-8-9-25(24-20)21-13-19(28-15(3)4)17-7-6-16(12-18(17)23-21)27-11-10-26-5;1-12(2)22-15-11-16(21-10-9-20-7-4-8-20)19-17-13(15)5-3-6-14(17)18;1-11(2)21-14-10-15(20-9-8-19(3)4)18-16-12(14)6-5-7-13(16)17/h5-6,13-16H,7-12H2,1-4H3,(H,26,28);6-9,12-15H,10-11H2,1-5H3,(H,22,24);3,5-6,11-12H,4,7-10H2,1-2H3;5-7,10-11H,8-9H2,1-4H3. The van der Waals surface area contributed by atoms with Crippen LogP contribution < -0.4 is 48.5 Å². The van der Waals surface area contributed by atoms with E-state index in [0.717, 1.165) is 107 Å². The molecule has 10 aromatic rings. The molecule has 8 heterocycles. The molecule has 560 valence electrons. The highest BCUT2D eigenvalue weighted by Gasteiger charge is 2.21. The summed E-state index contributed by atoms with van der Waals surface area (Å²) in [5.74, 6) is 6.91. The summed E-state index contributed by atoms with van der Waals surface area (Å²) in [6.45, 7) is 35.2. The number of para-hydroxylation sites is 2. The van der Waals surface area contributed by atoms with Crippen molar-refractivity contribution in [1.82, 2.24) is 49.4 Å². The predicted octanol–water partition coefficient (Wildman–Crippen LogP) is 16.3. The van der Waals surface area contributed by atoms with Crippen molar-refractivity contribution in [3.05, 3.63) is 125 Å². The number of pyridine rings is 4. The van der Waals surface area contributed by atoms with Crippen LogP contribution in [0.2, 0.25) is 15.1 Å². The number of hydrogen-bond acceptors (Lipinski definition) is 22. The number of morpholine rings is 1. The van der Waals surface area contributed by atoms with Gasteiger partial charge in [-0.2, -0.15) is 4.98 Å².